The Bertz CT molecular complexity index is 560. The number of rotatable bonds is 4. The van der Waals surface area contributed by atoms with Crippen molar-refractivity contribution in [3.8, 4) is 0 Å². The Balaban J connectivity index is 2.06. The van der Waals surface area contributed by atoms with E-state index in [-0.39, 0.29) is 0 Å². The maximum Gasteiger partial charge on any atom is 0.124 e. The lowest BCUT2D eigenvalue weighted by molar-refractivity contribution is 0.623. The standard InChI is InChI=1S/C13H13FN2OS/c14-11-1-2-12(15)13(9-11)18(17)8-5-10-3-6-16-7-4-10/h1-4,6-7,9H,5,8,15H2. The molecule has 0 amide bonds. The second-order valence-electron chi connectivity index (χ2n) is 3.84. The van der Waals surface area contributed by atoms with Crippen LogP contribution in [0.4, 0.5) is 10.1 Å². The van der Waals surface area contributed by atoms with E-state index in [2.05, 4.69) is 4.98 Å². The largest absolute Gasteiger partial charge is 0.398 e. The SMILES string of the molecule is Nc1ccc(F)cc1S(=O)CCc1ccncc1. The van der Waals surface area contributed by atoms with Gasteiger partial charge in [-0.1, -0.05) is 0 Å². The number of nitrogen functional groups attached to an aromatic ring is 1. The van der Waals surface area contributed by atoms with Crippen LogP contribution in [0.1, 0.15) is 5.56 Å². The molecule has 0 saturated carbocycles. The number of benzene rings is 1. The minimum absolute atomic E-state index is 0.365. The molecule has 1 atom stereocenters. The van der Waals surface area contributed by atoms with E-state index in [1.807, 2.05) is 12.1 Å². The zero-order chi connectivity index (χ0) is 13.0. The number of anilines is 1. The molecule has 0 bridgehead atoms. The van der Waals surface area contributed by atoms with E-state index in [9.17, 15) is 8.60 Å². The van der Waals surface area contributed by atoms with Gasteiger partial charge in [0.05, 0.1) is 15.7 Å². The monoisotopic (exact) mass is 264 g/mol. The van der Waals surface area contributed by atoms with Crippen molar-refractivity contribution < 1.29 is 8.60 Å². The first-order chi connectivity index (χ1) is 8.66. The fourth-order valence-corrected chi connectivity index (χ4v) is 2.79. The van der Waals surface area contributed by atoms with Crippen LogP contribution in [-0.2, 0) is 17.2 Å². The first-order valence-corrected chi connectivity index (χ1v) is 6.81. The number of pyridine rings is 1. The minimum atomic E-state index is -1.29. The number of nitrogens with two attached hydrogens (primary N) is 1. The molecular formula is C13H13FN2OS. The molecule has 0 aliphatic heterocycles. The topological polar surface area (TPSA) is 56.0 Å². The van der Waals surface area contributed by atoms with E-state index in [0.29, 0.717) is 22.8 Å². The zero-order valence-electron chi connectivity index (χ0n) is 9.67. The molecule has 1 aromatic heterocycles. The van der Waals surface area contributed by atoms with E-state index in [1.54, 1.807) is 12.4 Å². The van der Waals surface area contributed by atoms with E-state index in [4.69, 9.17) is 5.73 Å². The van der Waals surface area contributed by atoms with Gasteiger partial charge in [-0.25, -0.2) is 4.39 Å². The summed E-state index contributed by atoms with van der Waals surface area (Å²) >= 11 is 0. The molecule has 94 valence electrons. The van der Waals surface area contributed by atoms with Crippen LogP contribution in [-0.4, -0.2) is 14.9 Å². The first-order valence-electron chi connectivity index (χ1n) is 5.49. The van der Waals surface area contributed by atoms with Crippen molar-refractivity contribution in [3.63, 3.8) is 0 Å². The van der Waals surface area contributed by atoms with E-state index < -0.39 is 16.6 Å². The molecule has 1 aromatic carbocycles. The average Bonchev–Trinajstić information content (AvgIpc) is 2.40. The molecule has 1 unspecified atom stereocenters. The summed E-state index contributed by atoms with van der Waals surface area (Å²) in [4.78, 5) is 4.28. The lowest BCUT2D eigenvalue weighted by Gasteiger charge is -2.06. The highest BCUT2D eigenvalue weighted by Gasteiger charge is 2.09. The molecule has 18 heavy (non-hydrogen) atoms. The van der Waals surface area contributed by atoms with Crippen molar-refractivity contribution >= 4 is 16.5 Å². The summed E-state index contributed by atoms with van der Waals surface area (Å²) in [5.74, 6) is -0.00559. The van der Waals surface area contributed by atoms with Crippen LogP contribution in [0.5, 0.6) is 0 Å². The fraction of sp³-hybridized carbons (Fsp3) is 0.154. The van der Waals surface area contributed by atoms with Gasteiger partial charge in [-0.2, -0.15) is 0 Å². The molecule has 2 N–H and O–H groups in total. The van der Waals surface area contributed by atoms with E-state index >= 15 is 0 Å². The number of aryl methyl sites for hydroxylation is 1. The van der Waals surface area contributed by atoms with Gasteiger partial charge < -0.3 is 5.73 Å². The normalized spacial score (nSPS) is 12.3. The fourth-order valence-electron chi connectivity index (χ4n) is 1.58. The third kappa shape index (κ3) is 3.13. The van der Waals surface area contributed by atoms with Crippen molar-refractivity contribution in [3.05, 3.63) is 54.1 Å². The molecule has 5 heteroatoms. The van der Waals surface area contributed by atoms with Gasteiger partial charge in [-0.15, -0.1) is 0 Å². The lowest BCUT2D eigenvalue weighted by atomic mass is 10.2. The van der Waals surface area contributed by atoms with Gasteiger partial charge in [0.1, 0.15) is 5.82 Å². The highest BCUT2D eigenvalue weighted by Crippen LogP contribution is 2.18. The van der Waals surface area contributed by atoms with E-state index in [1.165, 1.54) is 18.2 Å². The Morgan fingerprint density at radius 1 is 1.22 bits per heavy atom. The summed E-state index contributed by atoms with van der Waals surface area (Å²) < 4.78 is 25.1. The molecule has 0 aliphatic carbocycles. The first kappa shape index (κ1) is 12.7. The maximum atomic E-state index is 13.1. The van der Waals surface area contributed by atoms with Crippen LogP contribution in [0, 0.1) is 5.82 Å². The summed E-state index contributed by atoms with van der Waals surface area (Å²) in [6.45, 7) is 0. The summed E-state index contributed by atoms with van der Waals surface area (Å²) in [5, 5.41) is 0. The molecule has 2 rings (SSSR count). The number of halogens is 1. The maximum absolute atomic E-state index is 13.1. The Morgan fingerprint density at radius 3 is 2.67 bits per heavy atom. The van der Waals surface area contributed by atoms with Crippen molar-refractivity contribution in [1.29, 1.82) is 0 Å². The van der Waals surface area contributed by atoms with Gasteiger partial charge in [0.15, 0.2) is 0 Å². The molecule has 0 spiro atoms. The van der Waals surface area contributed by atoms with Gasteiger partial charge >= 0.3 is 0 Å². The summed E-state index contributed by atoms with van der Waals surface area (Å²) in [6, 6.07) is 7.67. The lowest BCUT2D eigenvalue weighted by Crippen LogP contribution is -2.05. The highest BCUT2D eigenvalue weighted by molar-refractivity contribution is 7.85. The predicted molar refractivity (Wildman–Crippen MR) is 70.0 cm³/mol. The highest BCUT2D eigenvalue weighted by atomic mass is 32.2. The molecule has 0 radical (unpaired) electrons. The average molecular weight is 264 g/mol. The van der Waals surface area contributed by atoms with Crippen LogP contribution in [0.15, 0.2) is 47.6 Å². The molecular weight excluding hydrogens is 251 g/mol. The number of aromatic nitrogens is 1. The van der Waals surface area contributed by atoms with Crippen LogP contribution in [0.2, 0.25) is 0 Å². The van der Waals surface area contributed by atoms with Crippen molar-refractivity contribution in [2.24, 2.45) is 0 Å². The number of nitrogens with zero attached hydrogens (tertiary/aromatic N) is 1. The number of hydrogen-bond acceptors (Lipinski definition) is 3. The van der Waals surface area contributed by atoms with Crippen LogP contribution < -0.4 is 5.73 Å². The van der Waals surface area contributed by atoms with Crippen molar-refractivity contribution in [2.45, 2.75) is 11.3 Å². The molecule has 2 aromatic rings. The smallest absolute Gasteiger partial charge is 0.124 e. The van der Waals surface area contributed by atoms with Crippen molar-refractivity contribution in [1.82, 2.24) is 4.98 Å². The van der Waals surface area contributed by atoms with Crippen LogP contribution >= 0.6 is 0 Å². The van der Waals surface area contributed by atoms with E-state index in [0.717, 1.165) is 5.56 Å². The molecule has 0 saturated heterocycles. The quantitative estimate of drug-likeness (QED) is 0.861. The number of hydrogen-bond donors (Lipinski definition) is 1. The van der Waals surface area contributed by atoms with Gasteiger partial charge in [0.25, 0.3) is 0 Å². The van der Waals surface area contributed by atoms with Gasteiger partial charge in [-0.05, 0) is 42.3 Å². The van der Waals surface area contributed by atoms with Crippen molar-refractivity contribution in [2.75, 3.05) is 11.5 Å². The third-order valence-corrected chi connectivity index (χ3v) is 3.97. The summed E-state index contributed by atoms with van der Waals surface area (Å²) in [5.41, 5.74) is 7.10. The summed E-state index contributed by atoms with van der Waals surface area (Å²) in [6.07, 6.45) is 4.02. The Hall–Kier alpha value is -1.75. The third-order valence-electron chi connectivity index (χ3n) is 2.55. The van der Waals surface area contributed by atoms with Crippen LogP contribution in [0.3, 0.4) is 0 Å². The Morgan fingerprint density at radius 2 is 1.94 bits per heavy atom. The van der Waals surface area contributed by atoms with Gasteiger partial charge in [0, 0.05) is 23.8 Å². The minimum Gasteiger partial charge on any atom is -0.398 e. The Labute approximate surface area is 107 Å². The summed E-state index contributed by atoms with van der Waals surface area (Å²) in [7, 11) is -1.29. The molecule has 1 heterocycles. The van der Waals surface area contributed by atoms with Gasteiger partial charge in [0.2, 0.25) is 0 Å². The predicted octanol–water partition coefficient (Wildman–Crippen LogP) is 2.15. The van der Waals surface area contributed by atoms with Gasteiger partial charge in [-0.3, -0.25) is 9.19 Å². The second-order valence-corrected chi connectivity index (χ2v) is 5.38. The molecule has 3 nitrogen and oxygen atoms in total. The van der Waals surface area contributed by atoms with Crippen LogP contribution in [0.25, 0.3) is 0 Å². The Kier molecular flexibility index (Phi) is 4.04. The zero-order valence-corrected chi connectivity index (χ0v) is 10.5. The second kappa shape index (κ2) is 5.73. The molecule has 0 fully saturated rings. The molecule has 0 aliphatic rings.